The molecule has 1 rings (SSSR count). The predicted octanol–water partition coefficient (Wildman–Crippen LogP) is 1.64. The van der Waals surface area contributed by atoms with Crippen LogP contribution in [-0.2, 0) is 27.5 Å². The maximum Gasteiger partial charge on any atom is 0.438 e. The molecular weight excluding hydrogens is 420 g/mol. The average molecular weight is 430 g/mol. The highest BCUT2D eigenvalue weighted by Crippen LogP contribution is 2.47. The number of ether oxygens (including phenoxy) is 1. The van der Waals surface area contributed by atoms with E-state index < -0.39 is 51.1 Å². The molecule has 0 aromatic heterocycles. The molecule has 0 saturated carbocycles. The van der Waals surface area contributed by atoms with Gasteiger partial charge < -0.3 is 9.84 Å². The highest BCUT2D eigenvalue weighted by molar-refractivity contribution is 7.85. The molecule has 0 heterocycles. The number of carbonyl (C=O) groups is 1. The van der Waals surface area contributed by atoms with Gasteiger partial charge in [-0.2, -0.15) is 34.8 Å². The SMILES string of the molecule is [B]Cc1cc(O)c(C(=O)OC(CS(=O)(=O)O)(C(F)(F)F)C(F)(F)F)cc1C[B]. The lowest BCUT2D eigenvalue weighted by molar-refractivity contribution is -0.356. The minimum atomic E-state index is -6.49. The molecule has 1 aromatic rings. The molecule has 0 bridgehead atoms. The molecule has 0 saturated heterocycles. The van der Waals surface area contributed by atoms with Crippen LogP contribution in [0.3, 0.4) is 0 Å². The Morgan fingerprint density at radius 3 is 1.79 bits per heavy atom. The molecular formula is C13H10B2F6O6S. The fraction of sp³-hybridized carbons (Fsp3) is 0.462. The van der Waals surface area contributed by atoms with Gasteiger partial charge in [-0.05, 0) is 12.1 Å². The molecule has 6 nitrogen and oxygen atoms in total. The van der Waals surface area contributed by atoms with E-state index in [2.05, 4.69) is 4.74 Å². The van der Waals surface area contributed by atoms with Gasteiger partial charge in [-0.1, -0.05) is 23.8 Å². The molecule has 0 unspecified atom stereocenters. The first-order chi connectivity index (χ1) is 12.5. The molecule has 28 heavy (non-hydrogen) atoms. The summed E-state index contributed by atoms with van der Waals surface area (Å²) in [5.41, 5.74) is -6.59. The molecule has 4 radical (unpaired) electrons. The molecule has 152 valence electrons. The molecule has 0 amide bonds. The zero-order valence-electron chi connectivity index (χ0n) is 13.6. The number of hydrogen-bond acceptors (Lipinski definition) is 5. The number of benzene rings is 1. The summed E-state index contributed by atoms with van der Waals surface area (Å²) in [6.07, 6.45) is -13.5. The van der Waals surface area contributed by atoms with E-state index >= 15 is 0 Å². The van der Waals surface area contributed by atoms with E-state index in [1.54, 1.807) is 0 Å². The van der Waals surface area contributed by atoms with Gasteiger partial charge in [-0.25, -0.2) is 4.79 Å². The van der Waals surface area contributed by atoms with Crippen molar-refractivity contribution in [2.24, 2.45) is 0 Å². The fourth-order valence-electron chi connectivity index (χ4n) is 2.16. The van der Waals surface area contributed by atoms with Gasteiger partial charge in [0.1, 0.15) is 17.1 Å². The Morgan fingerprint density at radius 1 is 1.00 bits per heavy atom. The Hall–Kier alpha value is -1.89. The molecule has 0 atom stereocenters. The summed E-state index contributed by atoms with van der Waals surface area (Å²) in [4.78, 5) is 12.0. The molecule has 1 aromatic carbocycles. The minimum absolute atomic E-state index is 0.00615. The zero-order valence-corrected chi connectivity index (χ0v) is 14.5. The van der Waals surface area contributed by atoms with Gasteiger partial charge in [0, 0.05) is 0 Å². The third-order valence-electron chi connectivity index (χ3n) is 3.55. The summed E-state index contributed by atoms with van der Waals surface area (Å²) in [6, 6.07) is 1.44. The maximum atomic E-state index is 13.2. The number of aromatic hydroxyl groups is 1. The van der Waals surface area contributed by atoms with E-state index in [0.717, 1.165) is 6.07 Å². The molecule has 0 fully saturated rings. The van der Waals surface area contributed by atoms with E-state index in [-0.39, 0.29) is 23.8 Å². The van der Waals surface area contributed by atoms with Crippen molar-refractivity contribution < 1.29 is 54.0 Å². The van der Waals surface area contributed by atoms with Crippen LogP contribution in [0, 0.1) is 0 Å². The third kappa shape index (κ3) is 4.93. The fourth-order valence-corrected chi connectivity index (χ4v) is 3.06. The van der Waals surface area contributed by atoms with Gasteiger partial charge in [-0.15, -0.1) is 0 Å². The molecule has 0 aliphatic rings. The largest absolute Gasteiger partial charge is 0.507 e. The lowest BCUT2D eigenvalue weighted by Gasteiger charge is -2.35. The van der Waals surface area contributed by atoms with E-state index in [9.17, 15) is 44.7 Å². The van der Waals surface area contributed by atoms with Crippen molar-refractivity contribution in [2.75, 3.05) is 5.75 Å². The molecule has 0 spiro atoms. The Morgan fingerprint density at radius 2 is 1.43 bits per heavy atom. The first-order valence-corrected chi connectivity index (χ1v) is 8.67. The third-order valence-corrected chi connectivity index (χ3v) is 4.32. The zero-order chi connectivity index (χ0) is 22.1. The summed E-state index contributed by atoms with van der Waals surface area (Å²) in [5, 5.41) is 9.72. The Balaban J connectivity index is 3.59. The number of phenols is 1. The van der Waals surface area contributed by atoms with Gasteiger partial charge in [-0.3, -0.25) is 4.55 Å². The van der Waals surface area contributed by atoms with Crippen LogP contribution in [0.2, 0.25) is 0 Å². The average Bonchev–Trinajstić information content (AvgIpc) is 2.50. The van der Waals surface area contributed by atoms with Crippen LogP contribution in [0.4, 0.5) is 26.3 Å². The van der Waals surface area contributed by atoms with Gasteiger partial charge in [0.05, 0.1) is 15.7 Å². The van der Waals surface area contributed by atoms with Crippen molar-refractivity contribution in [2.45, 2.75) is 30.6 Å². The van der Waals surface area contributed by atoms with Gasteiger partial charge >= 0.3 is 23.9 Å². The number of halogens is 6. The lowest BCUT2D eigenvalue weighted by Crippen LogP contribution is -2.63. The van der Waals surface area contributed by atoms with Crippen LogP contribution >= 0.6 is 0 Å². The first-order valence-electron chi connectivity index (χ1n) is 7.06. The van der Waals surface area contributed by atoms with Crippen molar-refractivity contribution in [3.63, 3.8) is 0 Å². The van der Waals surface area contributed by atoms with Crippen molar-refractivity contribution in [3.05, 3.63) is 28.8 Å². The van der Waals surface area contributed by atoms with Crippen molar-refractivity contribution in [1.29, 1.82) is 0 Å². The van der Waals surface area contributed by atoms with Crippen molar-refractivity contribution >= 4 is 31.8 Å². The molecule has 0 aliphatic heterocycles. The number of carbonyl (C=O) groups excluding carboxylic acids is 1. The van der Waals surface area contributed by atoms with Crippen LogP contribution < -0.4 is 0 Å². The number of alkyl halides is 6. The number of rotatable bonds is 6. The smallest absolute Gasteiger partial charge is 0.438 e. The normalized spacial score (nSPS) is 13.4. The topological polar surface area (TPSA) is 101 Å². The minimum Gasteiger partial charge on any atom is -0.507 e. The van der Waals surface area contributed by atoms with Crippen LogP contribution in [0.25, 0.3) is 0 Å². The number of phenolic OH excluding ortho intramolecular Hbond substituents is 1. The Bertz CT molecular complexity index is 838. The highest BCUT2D eigenvalue weighted by atomic mass is 32.2. The highest BCUT2D eigenvalue weighted by Gasteiger charge is 2.76. The number of hydrogen-bond donors (Lipinski definition) is 2. The Kier molecular flexibility index (Phi) is 6.77. The second kappa shape index (κ2) is 7.85. The van der Waals surface area contributed by atoms with Crippen LogP contribution in [0.1, 0.15) is 21.5 Å². The van der Waals surface area contributed by atoms with Crippen LogP contribution in [0.15, 0.2) is 12.1 Å². The molecule has 2 N–H and O–H groups in total. The van der Waals surface area contributed by atoms with Crippen LogP contribution in [-0.4, -0.2) is 63.4 Å². The summed E-state index contributed by atoms with van der Waals surface area (Å²) < 4.78 is 113. The quantitative estimate of drug-likeness (QED) is 0.308. The van der Waals surface area contributed by atoms with Crippen molar-refractivity contribution in [1.82, 2.24) is 0 Å². The molecule has 15 heteroatoms. The van der Waals surface area contributed by atoms with E-state index in [4.69, 9.17) is 20.2 Å². The molecule has 0 aliphatic carbocycles. The summed E-state index contributed by atoms with van der Waals surface area (Å²) in [5.74, 6) is -6.47. The second-order valence-corrected chi connectivity index (χ2v) is 6.94. The lowest BCUT2D eigenvalue weighted by atomic mass is 9.85. The predicted molar refractivity (Wildman–Crippen MR) is 83.7 cm³/mol. The Labute approximate surface area is 157 Å². The van der Waals surface area contributed by atoms with E-state index in [1.165, 1.54) is 0 Å². The summed E-state index contributed by atoms with van der Waals surface area (Å²) >= 11 is 0. The first kappa shape index (κ1) is 24.1. The van der Waals surface area contributed by atoms with E-state index in [1.807, 2.05) is 0 Å². The standard InChI is InChI=1S/C13H10B2F6O6S/c14-3-6-1-8(9(22)2-7(6)4-15)10(23)27-11(12(16,17)18,13(19,20)21)5-28(24,25)26/h1-2,22H,3-5H2,(H,24,25,26). The van der Waals surface area contributed by atoms with Gasteiger partial charge in [0.2, 0.25) is 0 Å². The van der Waals surface area contributed by atoms with E-state index in [0.29, 0.717) is 6.07 Å². The second-order valence-electron chi connectivity index (χ2n) is 5.48. The number of esters is 1. The van der Waals surface area contributed by atoms with Crippen molar-refractivity contribution in [3.8, 4) is 5.75 Å². The maximum absolute atomic E-state index is 13.2. The van der Waals surface area contributed by atoms with Gasteiger partial charge in [0.25, 0.3) is 10.1 Å². The monoisotopic (exact) mass is 430 g/mol. The summed E-state index contributed by atoms with van der Waals surface area (Å²) in [7, 11) is 4.74. The van der Waals surface area contributed by atoms with Crippen LogP contribution in [0.5, 0.6) is 5.75 Å². The van der Waals surface area contributed by atoms with Gasteiger partial charge in [0.15, 0.2) is 0 Å². The summed E-state index contributed by atoms with van der Waals surface area (Å²) in [6.45, 7) is 0.